The largest absolute Gasteiger partial charge is 0.489 e. The van der Waals surface area contributed by atoms with E-state index in [9.17, 15) is 4.79 Å². The molecule has 0 radical (unpaired) electrons. The van der Waals surface area contributed by atoms with Gasteiger partial charge >= 0.3 is 0 Å². The van der Waals surface area contributed by atoms with Crippen LogP contribution < -0.4 is 14.2 Å². The Balaban J connectivity index is 1.91. The summed E-state index contributed by atoms with van der Waals surface area (Å²) in [6.07, 6.45) is 1.82. The first-order valence-corrected chi connectivity index (χ1v) is 7.96. The Morgan fingerprint density at radius 1 is 0.958 bits per heavy atom. The lowest BCUT2D eigenvalue weighted by atomic mass is 10.3. The molecule has 0 aliphatic rings. The van der Waals surface area contributed by atoms with E-state index in [1.54, 1.807) is 61.5 Å². The zero-order chi connectivity index (χ0) is 17.4. The Bertz CT molecular complexity index is 677. The van der Waals surface area contributed by atoms with Gasteiger partial charge in [0.25, 0.3) is 0 Å². The van der Waals surface area contributed by atoms with Gasteiger partial charge in [0, 0.05) is 0 Å². The van der Waals surface area contributed by atoms with Crippen molar-refractivity contribution in [1.82, 2.24) is 0 Å². The number of carbonyl (C=O) groups is 1. The third-order valence-electron chi connectivity index (χ3n) is 2.88. The molecule has 1 atom stereocenters. The minimum atomic E-state index is -0.479. The molecule has 0 amide bonds. The van der Waals surface area contributed by atoms with Crippen LogP contribution in [-0.4, -0.2) is 19.0 Å². The number of benzene rings is 2. The number of halogens is 2. The molecule has 0 fully saturated rings. The van der Waals surface area contributed by atoms with Crippen LogP contribution in [0.2, 0.25) is 0 Å². The number of ether oxygens (including phenoxy) is 3. The molecular formula is C18H16Cl2O4. The minimum absolute atomic E-state index is 0.171. The normalized spacial score (nSPS) is 11.3. The summed E-state index contributed by atoms with van der Waals surface area (Å²) >= 11 is 11.0. The van der Waals surface area contributed by atoms with Crippen LogP contribution in [0.4, 0.5) is 0 Å². The first-order valence-electron chi connectivity index (χ1n) is 7.20. The van der Waals surface area contributed by atoms with Crippen LogP contribution in [0.5, 0.6) is 23.0 Å². The zero-order valence-electron chi connectivity index (χ0n) is 12.9. The number of hydrogen-bond donors (Lipinski definition) is 0. The van der Waals surface area contributed by atoms with Gasteiger partial charge in [-0.2, -0.15) is 0 Å². The van der Waals surface area contributed by atoms with E-state index in [1.807, 2.05) is 0 Å². The Morgan fingerprint density at radius 2 is 1.46 bits per heavy atom. The van der Waals surface area contributed by atoms with Crippen LogP contribution in [0.15, 0.2) is 59.1 Å². The fraction of sp³-hybridized carbons (Fsp3) is 0.167. The highest BCUT2D eigenvalue weighted by Crippen LogP contribution is 2.26. The molecule has 0 aromatic heterocycles. The molecule has 0 heterocycles. The van der Waals surface area contributed by atoms with Crippen LogP contribution in [0.3, 0.4) is 0 Å². The van der Waals surface area contributed by atoms with Gasteiger partial charge in [-0.3, -0.25) is 4.79 Å². The van der Waals surface area contributed by atoms with Crippen molar-refractivity contribution in [1.29, 1.82) is 0 Å². The van der Waals surface area contributed by atoms with Gasteiger partial charge in [-0.1, -0.05) is 23.2 Å². The predicted octanol–water partition coefficient (Wildman–Crippen LogP) is 5.14. The summed E-state index contributed by atoms with van der Waals surface area (Å²) in [5, 5.41) is 0. The predicted molar refractivity (Wildman–Crippen MR) is 94.4 cm³/mol. The number of rotatable bonds is 8. The average molecular weight is 367 g/mol. The molecule has 2 aromatic carbocycles. The molecule has 0 aliphatic heterocycles. The Hall–Kier alpha value is -2.17. The molecule has 6 heteroatoms. The fourth-order valence-electron chi connectivity index (χ4n) is 1.77. The number of carbonyl (C=O) groups excluding carboxylic acids is 1. The maximum Gasteiger partial charge on any atom is 0.160 e. The highest BCUT2D eigenvalue weighted by molar-refractivity contribution is 6.55. The van der Waals surface area contributed by atoms with Crippen molar-refractivity contribution in [2.75, 3.05) is 6.61 Å². The van der Waals surface area contributed by atoms with E-state index in [-0.39, 0.29) is 4.49 Å². The molecule has 24 heavy (non-hydrogen) atoms. The van der Waals surface area contributed by atoms with Crippen LogP contribution in [0.1, 0.15) is 6.92 Å². The summed E-state index contributed by atoms with van der Waals surface area (Å²) in [4.78, 5) is 10.6. The van der Waals surface area contributed by atoms with E-state index < -0.39 is 6.10 Å². The zero-order valence-corrected chi connectivity index (χ0v) is 14.5. The van der Waals surface area contributed by atoms with Gasteiger partial charge in [-0.25, -0.2) is 0 Å². The van der Waals surface area contributed by atoms with Crippen molar-refractivity contribution in [2.24, 2.45) is 0 Å². The monoisotopic (exact) mass is 366 g/mol. The molecule has 2 aromatic rings. The van der Waals surface area contributed by atoms with Crippen molar-refractivity contribution >= 4 is 29.5 Å². The van der Waals surface area contributed by atoms with Gasteiger partial charge in [0.15, 0.2) is 12.4 Å². The molecule has 0 N–H and O–H groups in total. The van der Waals surface area contributed by atoms with Gasteiger partial charge in [0.05, 0.1) is 0 Å². The van der Waals surface area contributed by atoms with Crippen LogP contribution in [0, 0.1) is 0 Å². The van der Waals surface area contributed by atoms with Crippen molar-refractivity contribution in [2.45, 2.75) is 13.0 Å². The van der Waals surface area contributed by atoms with Crippen LogP contribution >= 0.6 is 23.2 Å². The molecular weight excluding hydrogens is 351 g/mol. The Labute approximate surface area is 150 Å². The third-order valence-corrected chi connectivity index (χ3v) is 3.19. The van der Waals surface area contributed by atoms with Gasteiger partial charge < -0.3 is 14.2 Å². The van der Waals surface area contributed by atoms with Crippen molar-refractivity contribution in [3.05, 3.63) is 59.1 Å². The topological polar surface area (TPSA) is 44.8 Å². The second-order valence-corrected chi connectivity index (χ2v) is 5.82. The van der Waals surface area contributed by atoms with Gasteiger partial charge in [-0.05, 0) is 61.5 Å². The van der Waals surface area contributed by atoms with Gasteiger partial charge in [-0.15, -0.1) is 0 Å². The second-order valence-electron chi connectivity index (χ2n) is 4.81. The molecule has 0 saturated carbocycles. The molecule has 4 nitrogen and oxygen atoms in total. The van der Waals surface area contributed by atoms with E-state index >= 15 is 0 Å². The van der Waals surface area contributed by atoms with Crippen LogP contribution in [-0.2, 0) is 4.79 Å². The van der Waals surface area contributed by atoms with E-state index in [4.69, 9.17) is 37.4 Å². The summed E-state index contributed by atoms with van der Waals surface area (Å²) < 4.78 is 16.7. The third kappa shape index (κ3) is 6.14. The number of hydrogen-bond acceptors (Lipinski definition) is 4. The quantitative estimate of drug-likeness (QED) is 0.606. The van der Waals surface area contributed by atoms with Crippen LogP contribution in [0.25, 0.3) is 0 Å². The lowest BCUT2D eigenvalue weighted by Gasteiger charge is -2.10. The molecule has 0 saturated heterocycles. The van der Waals surface area contributed by atoms with E-state index in [0.29, 0.717) is 29.6 Å². The first kappa shape index (κ1) is 18.2. The smallest absolute Gasteiger partial charge is 0.160 e. The Morgan fingerprint density at radius 3 is 1.96 bits per heavy atom. The minimum Gasteiger partial charge on any atom is -0.489 e. The van der Waals surface area contributed by atoms with E-state index in [0.717, 1.165) is 6.29 Å². The summed E-state index contributed by atoms with van der Waals surface area (Å²) in [7, 11) is 0. The SMILES string of the molecule is CC(C=O)Oc1ccc(Oc2ccc(OCC=C(Cl)Cl)cc2)cc1. The van der Waals surface area contributed by atoms with Crippen molar-refractivity contribution in [3.63, 3.8) is 0 Å². The van der Waals surface area contributed by atoms with E-state index in [2.05, 4.69) is 0 Å². The maximum atomic E-state index is 10.6. The highest BCUT2D eigenvalue weighted by Gasteiger charge is 2.03. The Kier molecular flexibility index (Phi) is 6.97. The maximum absolute atomic E-state index is 10.6. The van der Waals surface area contributed by atoms with Crippen molar-refractivity contribution < 1.29 is 19.0 Å². The molecule has 0 bridgehead atoms. The fourth-order valence-corrected chi connectivity index (χ4v) is 1.90. The average Bonchev–Trinajstić information content (AvgIpc) is 2.58. The first-order chi connectivity index (χ1) is 11.6. The lowest BCUT2D eigenvalue weighted by molar-refractivity contribution is -0.113. The summed E-state index contributed by atoms with van der Waals surface area (Å²) in [6, 6.07) is 14.2. The molecule has 1 unspecified atom stereocenters. The lowest BCUT2D eigenvalue weighted by Crippen LogP contribution is -2.12. The van der Waals surface area contributed by atoms with Gasteiger partial charge in [0.1, 0.15) is 34.1 Å². The molecule has 2 rings (SSSR count). The van der Waals surface area contributed by atoms with Crippen molar-refractivity contribution in [3.8, 4) is 23.0 Å². The summed E-state index contributed by atoms with van der Waals surface area (Å²) in [6.45, 7) is 1.97. The summed E-state index contributed by atoms with van der Waals surface area (Å²) in [5.41, 5.74) is 0. The second kappa shape index (κ2) is 9.21. The molecule has 126 valence electrons. The molecule has 0 aliphatic carbocycles. The summed E-state index contributed by atoms with van der Waals surface area (Å²) in [5.74, 6) is 2.62. The number of aldehydes is 1. The van der Waals surface area contributed by atoms with Gasteiger partial charge in [0.2, 0.25) is 0 Å². The standard InChI is InChI=1S/C18H16Cl2O4/c1-13(12-21)23-15-6-8-17(9-7-15)24-16-4-2-14(3-5-16)22-11-10-18(19)20/h2-10,12-13H,11H2,1H3. The van der Waals surface area contributed by atoms with E-state index in [1.165, 1.54) is 0 Å². The molecule has 0 spiro atoms. The highest BCUT2D eigenvalue weighted by atomic mass is 35.5.